The van der Waals surface area contributed by atoms with Crippen LogP contribution in [-0.4, -0.2) is 6.16 Å². The lowest BCUT2D eigenvalue weighted by atomic mass is 10.2. The summed E-state index contributed by atoms with van der Waals surface area (Å²) in [7, 11) is 0. The second kappa shape index (κ2) is 6.84. The van der Waals surface area contributed by atoms with Gasteiger partial charge >= 0.3 is 6.16 Å². The third kappa shape index (κ3) is 3.79. The Balaban J connectivity index is 2.02. The fraction of sp³-hybridized carbons (Fsp3) is 0.0714. The van der Waals surface area contributed by atoms with Crippen molar-refractivity contribution in [1.29, 1.82) is 0 Å². The summed E-state index contributed by atoms with van der Waals surface area (Å²) in [6.07, 6.45) is -0.960. The molecule has 2 aromatic carbocycles. The Labute approximate surface area is 131 Å². The van der Waals surface area contributed by atoms with E-state index in [0.29, 0.717) is 15.6 Å². The second-order valence-electron chi connectivity index (χ2n) is 3.74. The number of halogens is 3. The Hall–Kier alpha value is -1.42. The first-order valence-corrected chi connectivity index (χ1v) is 6.78. The molecule has 6 heteroatoms. The highest BCUT2D eigenvalue weighted by Crippen LogP contribution is 2.30. The topological polar surface area (TPSA) is 35.5 Å². The maximum Gasteiger partial charge on any atom is 0.515 e. The molecule has 0 unspecified atom stereocenters. The van der Waals surface area contributed by atoms with Crippen molar-refractivity contribution in [2.75, 3.05) is 0 Å². The molecule has 1 atom stereocenters. The van der Waals surface area contributed by atoms with Gasteiger partial charge in [0.2, 0.25) is 5.56 Å². The van der Waals surface area contributed by atoms with Crippen molar-refractivity contribution in [2.45, 2.75) is 5.56 Å². The van der Waals surface area contributed by atoms with Gasteiger partial charge in [0.15, 0.2) is 5.75 Å². The van der Waals surface area contributed by atoms with Crippen molar-refractivity contribution in [3.63, 3.8) is 0 Å². The average Bonchev–Trinajstić information content (AvgIpc) is 2.41. The maximum absolute atomic E-state index is 11.6. The smallest absolute Gasteiger partial charge is 0.410 e. The Morgan fingerprint density at radius 3 is 2.20 bits per heavy atom. The van der Waals surface area contributed by atoms with E-state index in [-0.39, 0.29) is 5.75 Å². The van der Waals surface area contributed by atoms with Gasteiger partial charge in [-0.15, -0.1) is 0 Å². The van der Waals surface area contributed by atoms with E-state index in [1.807, 2.05) is 0 Å². The molecule has 0 aliphatic rings. The number of carbonyl (C=O) groups is 1. The van der Waals surface area contributed by atoms with Crippen LogP contribution in [0.25, 0.3) is 0 Å². The second-order valence-corrected chi connectivity index (χ2v) is 4.95. The van der Waals surface area contributed by atoms with E-state index >= 15 is 0 Å². The van der Waals surface area contributed by atoms with Gasteiger partial charge in [0.1, 0.15) is 0 Å². The molecule has 0 radical (unpaired) electrons. The van der Waals surface area contributed by atoms with Gasteiger partial charge in [-0.25, -0.2) is 4.79 Å². The van der Waals surface area contributed by atoms with Crippen LogP contribution < -0.4 is 4.74 Å². The molecule has 0 saturated carbocycles. The van der Waals surface area contributed by atoms with Crippen molar-refractivity contribution in [1.82, 2.24) is 0 Å². The number of alkyl halides is 1. The molecule has 0 spiro atoms. The number of para-hydroxylation sites is 1. The molecule has 0 fully saturated rings. The van der Waals surface area contributed by atoms with Gasteiger partial charge in [-0.2, -0.15) is 0 Å². The van der Waals surface area contributed by atoms with E-state index < -0.39 is 11.7 Å². The number of hydrogen-bond acceptors (Lipinski definition) is 3. The Bertz CT molecular complexity index is 616. The maximum atomic E-state index is 11.6. The van der Waals surface area contributed by atoms with E-state index in [4.69, 9.17) is 44.3 Å². The van der Waals surface area contributed by atoms with E-state index in [9.17, 15) is 4.79 Å². The molecular formula is C14H9Cl3O3. The van der Waals surface area contributed by atoms with Crippen molar-refractivity contribution in [3.8, 4) is 5.75 Å². The Morgan fingerprint density at radius 2 is 1.55 bits per heavy atom. The molecule has 104 valence electrons. The highest BCUT2D eigenvalue weighted by Gasteiger charge is 2.18. The number of ether oxygens (including phenoxy) is 2. The predicted molar refractivity (Wildman–Crippen MR) is 78.6 cm³/mol. The van der Waals surface area contributed by atoms with E-state index in [1.165, 1.54) is 0 Å². The van der Waals surface area contributed by atoms with E-state index in [1.54, 1.807) is 48.5 Å². The lowest BCUT2D eigenvalue weighted by Crippen LogP contribution is -2.12. The van der Waals surface area contributed by atoms with Crippen molar-refractivity contribution in [2.24, 2.45) is 0 Å². The molecule has 3 nitrogen and oxygen atoms in total. The minimum absolute atomic E-state index is 0.196. The number of hydrogen-bond donors (Lipinski definition) is 0. The van der Waals surface area contributed by atoms with Crippen LogP contribution in [0.15, 0.2) is 48.5 Å². The summed E-state index contributed by atoms with van der Waals surface area (Å²) in [5.74, 6) is 0.196. The summed E-state index contributed by atoms with van der Waals surface area (Å²) in [5, 5.41) is 0.700. The summed E-state index contributed by atoms with van der Waals surface area (Å²) in [6.45, 7) is 0. The Kier molecular flexibility index (Phi) is 5.12. The lowest BCUT2D eigenvalue weighted by Gasteiger charge is -2.13. The van der Waals surface area contributed by atoms with Crippen LogP contribution >= 0.6 is 34.8 Å². The molecule has 20 heavy (non-hydrogen) atoms. The predicted octanol–water partition coefficient (Wildman–Crippen LogP) is 5.45. The molecule has 0 aliphatic carbocycles. The SMILES string of the molecule is O=C(Oc1ccccc1Cl)O[C@@H](Cl)c1ccccc1Cl. The van der Waals surface area contributed by atoms with Crippen molar-refractivity contribution >= 4 is 41.0 Å². The standard InChI is InChI=1S/C14H9Cl3O3/c15-10-6-2-1-5-9(10)13(17)20-14(18)19-12-8-4-3-7-11(12)16/h1-8,13H/t13-/m1/s1. The zero-order valence-corrected chi connectivity index (χ0v) is 12.3. The van der Waals surface area contributed by atoms with Gasteiger partial charge < -0.3 is 9.47 Å². The molecule has 0 heterocycles. The molecule has 0 aromatic heterocycles. The van der Waals surface area contributed by atoms with Gasteiger partial charge in [-0.05, 0) is 18.2 Å². The molecule has 2 aromatic rings. The number of benzene rings is 2. The fourth-order valence-electron chi connectivity index (χ4n) is 1.45. The first kappa shape index (κ1) is 15.0. The molecule has 0 aliphatic heterocycles. The fourth-order valence-corrected chi connectivity index (χ4v) is 2.18. The first-order chi connectivity index (χ1) is 9.58. The monoisotopic (exact) mass is 330 g/mol. The summed E-state index contributed by atoms with van der Waals surface area (Å²) in [5.41, 5.74) is -0.564. The Morgan fingerprint density at radius 1 is 0.950 bits per heavy atom. The van der Waals surface area contributed by atoms with Crippen LogP contribution in [0.1, 0.15) is 11.1 Å². The van der Waals surface area contributed by atoms with E-state index in [2.05, 4.69) is 0 Å². The molecule has 2 rings (SSSR count). The highest BCUT2D eigenvalue weighted by atomic mass is 35.5. The van der Waals surface area contributed by atoms with Crippen molar-refractivity contribution in [3.05, 3.63) is 64.1 Å². The minimum Gasteiger partial charge on any atom is -0.410 e. The third-order valence-electron chi connectivity index (χ3n) is 2.38. The number of carbonyl (C=O) groups excluding carboxylic acids is 1. The van der Waals surface area contributed by atoms with Gasteiger partial charge in [-0.1, -0.05) is 65.1 Å². The van der Waals surface area contributed by atoms with Crippen LogP contribution in [0.2, 0.25) is 10.0 Å². The zero-order valence-electron chi connectivity index (χ0n) is 10.1. The molecule has 0 N–H and O–H groups in total. The summed E-state index contributed by atoms with van der Waals surface area (Å²) >= 11 is 17.8. The van der Waals surface area contributed by atoms with Crippen LogP contribution in [-0.2, 0) is 4.74 Å². The number of rotatable bonds is 3. The summed E-state index contributed by atoms with van der Waals surface area (Å²) < 4.78 is 9.89. The molecule has 0 amide bonds. The summed E-state index contributed by atoms with van der Waals surface area (Å²) in [4.78, 5) is 11.6. The first-order valence-electron chi connectivity index (χ1n) is 5.59. The summed E-state index contributed by atoms with van der Waals surface area (Å²) in [6, 6.07) is 13.3. The van der Waals surface area contributed by atoms with Gasteiger partial charge in [0.25, 0.3) is 0 Å². The molecule has 0 saturated heterocycles. The molecular weight excluding hydrogens is 323 g/mol. The molecule has 0 bridgehead atoms. The largest absolute Gasteiger partial charge is 0.515 e. The van der Waals surface area contributed by atoms with Crippen LogP contribution in [0.3, 0.4) is 0 Å². The average molecular weight is 332 g/mol. The lowest BCUT2D eigenvalue weighted by molar-refractivity contribution is 0.0872. The zero-order chi connectivity index (χ0) is 14.5. The highest BCUT2D eigenvalue weighted by molar-refractivity contribution is 6.33. The van der Waals surface area contributed by atoms with Crippen molar-refractivity contribution < 1.29 is 14.3 Å². The van der Waals surface area contributed by atoms with Gasteiger partial charge in [0, 0.05) is 10.6 Å². The van der Waals surface area contributed by atoms with Crippen LogP contribution in [0, 0.1) is 0 Å². The minimum atomic E-state index is -1.04. The normalized spacial score (nSPS) is 11.8. The van der Waals surface area contributed by atoms with Crippen LogP contribution in [0.4, 0.5) is 4.79 Å². The third-order valence-corrected chi connectivity index (χ3v) is 3.36. The van der Waals surface area contributed by atoms with Gasteiger partial charge in [0.05, 0.1) is 5.02 Å². The van der Waals surface area contributed by atoms with Gasteiger partial charge in [-0.3, -0.25) is 0 Å². The van der Waals surface area contributed by atoms with Crippen LogP contribution in [0.5, 0.6) is 5.75 Å². The quantitative estimate of drug-likeness (QED) is 0.426. The van der Waals surface area contributed by atoms with E-state index in [0.717, 1.165) is 0 Å².